The topological polar surface area (TPSA) is 109 Å². The van der Waals surface area contributed by atoms with E-state index in [1.807, 2.05) is 12.1 Å². The summed E-state index contributed by atoms with van der Waals surface area (Å²) in [6.07, 6.45) is 0.951. The highest BCUT2D eigenvalue weighted by Crippen LogP contribution is 2.32. The standard InChI is InChI=1S/C33H31ClN2O7S/c1-17(2)41-31(38)24-13-9-21(34)15-25(24)26-14-12-23(43-26)16-27-30(37)36-29(20-7-10-22(40-6)11-8-20)28(32(39)42-18(3)4)19(5)35-33(36)44-27/h7-18,29H,1-6H3/b27-16+/t29-/m1/s1. The summed E-state index contributed by atoms with van der Waals surface area (Å²) in [4.78, 5) is 45.1. The molecular formula is C33H31ClN2O7S. The first-order valence-corrected chi connectivity index (χ1v) is 15.1. The van der Waals surface area contributed by atoms with Crippen LogP contribution in [0.15, 0.2) is 80.1 Å². The van der Waals surface area contributed by atoms with Crippen LogP contribution in [0.3, 0.4) is 0 Å². The number of fused-ring (bicyclic) bond motifs is 1. The Morgan fingerprint density at radius 1 is 1.00 bits per heavy atom. The quantitative estimate of drug-likeness (QED) is 0.230. The molecule has 0 spiro atoms. The highest BCUT2D eigenvalue weighted by molar-refractivity contribution is 7.07. The van der Waals surface area contributed by atoms with Crippen LogP contribution in [-0.4, -0.2) is 35.8 Å². The first-order chi connectivity index (χ1) is 21.0. The molecule has 1 aliphatic rings. The zero-order chi connectivity index (χ0) is 31.7. The number of benzene rings is 2. The number of aromatic nitrogens is 1. The fraction of sp³-hybridized carbons (Fsp3) is 0.273. The molecular weight excluding hydrogens is 604 g/mol. The summed E-state index contributed by atoms with van der Waals surface area (Å²) in [7, 11) is 1.57. The summed E-state index contributed by atoms with van der Waals surface area (Å²) in [6, 6.07) is 14.6. The lowest BCUT2D eigenvalue weighted by atomic mass is 9.96. The average molecular weight is 635 g/mol. The number of ether oxygens (including phenoxy) is 3. The van der Waals surface area contributed by atoms with Crippen molar-refractivity contribution in [2.24, 2.45) is 4.99 Å². The Morgan fingerprint density at radius 3 is 2.34 bits per heavy atom. The van der Waals surface area contributed by atoms with Gasteiger partial charge in [0.25, 0.3) is 5.56 Å². The van der Waals surface area contributed by atoms with Gasteiger partial charge in [-0.05, 0) is 82.6 Å². The number of hydrogen-bond donors (Lipinski definition) is 0. The summed E-state index contributed by atoms with van der Waals surface area (Å²) in [5.41, 5.74) is 1.87. The second-order valence-corrected chi connectivity index (χ2v) is 12.1. The highest BCUT2D eigenvalue weighted by Gasteiger charge is 2.34. The van der Waals surface area contributed by atoms with Crippen molar-refractivity contribution in [2.75, 3.05) is 7.11 Å². The van der Waals surface area contributed by atoms with Gasteiger partial charge < -0.3 is 18.6 Å². The van der Waals surface area contributed by atoms with Crippen molar-refractivity contribution < 1.29 is 28.2 Å². The lowest BCUT2D eigenvalue weighted by Crippen LogP contribution is -2.40. The van der Waals surface area contributed by atoms with E-state index in [0.717, 1.165) is 0 Å². The largest absolute Gasteiger partial charge is 0.497 e. The van der Waals surface area contributed by atoms with Gasteiger partial charge in [0, 0.05) is 16.7 Å². The van der Waals surface area contributed by atoms with Gasteiger partial charge in [-0.1, -0.05) is 35.1 Å². The number of rotatable bonds is 8. The molecule has 0 fully saturated rings. The number of nitrogens with zero attached hydrogens (tertiary/aromatic N) is 2. The molecule has 0 aliphatic carbocycles. The first-order valence-electron chi connectivity index (χ1n) is 13.9. The summed E-state index contributed by atoms with van der Waals surface area (Å²) >= 11 is 7.43. The Labute approximate surface area is 262 Å². The second kappa shape index (κ2) is 12.7. The molecule has 0 saturated carbocycles. The summed E-state index contributed by atoms with van der Waals surface area (Å²) in [6.45, 7) is 8.80. The zero-order valence-corrected chi connectivity index (χ0v) is 26.6. The van der Waals surface area contributed by atoms with Crippen LogP contribution in [0.25, 0.3) is 17.4 Å². The minimum Gasteiger partial charge on any atom is -0.497 e. The van der Waals surface area contributed by atoms with Crippen LogP contribution >= 0.6 is 22.9 Å². The number of halogens is 1. The van der Waals surface area contributed by atoms with Crippen molar-refractivity contribution >= 4 is 41.0 Å². The Bertz CT molecular complexity index is 1950. The Kier molecular flexibility index (Phi) is 8.94. The van der Waals surface area contributed by atoms with Gasteiger partial charge in [-0.2, -0.15) is 0 Å². The van der Waals surface area contributed by atoms with E-state index in [1.54, 1.807) is 90.3 Å². The molecule has 0 amide bonds. The third kappa shape index (κ3) is 6.27. The maximum Gasteiger partial charge on any atom is 0.339 e. The van der Waals surface area contributed by atoms with Gasteiger partial charge in [-0.15, -0.1) is 0 Å². The number of hydrogen-bond acceptors (Lipinski definition) is 9. The van der Waals surface area contributed by atoms with E-state index >= 15 is 0 Å². The minimum absolute atomic E-state index is 0.282. The first kappa shape index (κ1) is 31.0. The van der Waals surface area contributed by atoms with E-state index in [4.69, 9.17) is 30.2 Å². The van der Waals surface area contributed by atoms with Crippen LogP contribution in [0, 0.1) is 0 Å². The van der Waals surface area contributed by atoms with Gasteiger partial charge in [0.1, 0.15) is 17.3 Å². The normalized spacial score (nSPS) is 14.9. The van der Waals surface area contributed by atoms with E-state index in [0.29, 0.717) is 54.0 Å². The van der Waals surface area contributed by atoms with E-state index < -0.39 is 18.0 Å². The SMILES string of the molecule is COc1ccc([C@@H]2C(C(=O)OC(C)C)=C(C)N=c3s/c(=C/c4ccc(-c5cc(Cl)ccc5C(=O)OC(C)C)o4)c(=O)n32)cc1. The lowest BCUT2D eigenvalue weighted by molar-refractivity contribution is -0.143. The van der Waals surface area contributed by atoms with Crippen molar-refractivity contribution in [1.82, 2.24) is 4.57 Å². The van der Waals surface area contributed by atoms with Gasteiger partial charge in [0.05, 0.1) is 46.7 Å². The average Bonchev–Trinajstić information content (AvgIpc) is 3.55. The molecule has 2 aromatic heterocycles. The molecule has 9 nitrogen and oxygen atoms in total. The number of carbonyl (C=O) groups is 2. The predicted octanol–water partition coefficient (Wildman–Crippen LogP) is 5.67. The molecule has 1 aliphatic heterocycles. The van der Waals surface area contributed by atoms with E-state index in [9.17, 15) is 14.4 Å². The monoisotopic (exact) mass is 634 g/mol. The fourth-order valence-corrected chi connectivity index (χ4v) is 6.04. The molecule has 2 aromatic carbocycles. The van der Waals surface area contributed by atoms with Crippen LogP contribution < -0.4 is 19.6 Å². The number of allylic oxidation sites excluding steroid dienone is 1. The Balaban J connectivity index is 1.60. The van der Waals surface area contributed by atoms with Crippen molar-refractivity contribution in [3.05, 3.63) is 107 Å². The molecule has 44 heavy (non-hydrogen) atoms. The van der Waals surface area contributed by atoms with Gasteiger partial charge in [0.15, 0.2) is 4.80 Å². The predicted molar refractivity (Wildman–Crippen MR) is 168 cm³/mol. The van der Waals surface area contributed by atoms with Gasteiger partial charge in [0.2, 0.25) is 0 Å². The highest BCUT2D eigenvalue weighted by atomic mass is 35.5. The summed E-state index contributed by atoms with van der Waals surface area (Å²) in [5, 5.41) is 0.424. The number of thiazole rings is 1. The van der Waals surface area contributed by atoms with E-state index in [1.165, 1.54) is 15.9 Å². The van der Waals surface area contributed by atoms with Gasteiger partial charge in [-0.25, -0.2) is 14.6 Å². The molecule has 0 radical (unpaired) electrons. The van der Waals surface area contributed by atoms with Crippen LogP contribution in [0.5, 0.6) is 5.75 Å². The van der Waals surface area contributed by atoms with Crippen molar-refractivity contribution in [1.29, 1.82) is 0 Å². The number of carbonyl (C=O) groups excluding carboxylic acids is 2. The van der Waals surface area contributed by atoms with Crippen LogP contribution in [-0.2, 0) is 14.3 Å². The zero-order valence-electron chi connectivity index (χ0n) is 25.0. The number of esters is 2. The molecule has 0 bridgehead atoms. The second-order valence-electron chi connectivity index (χ2n) is 10.7. The van der Waals surface area contributed by atoms with Crippen molar-refractivity contribution in [2.45, 2.75) is 52.9 Å². The third-order valence-electron chi connectivity index (χ3n) is 6.73. The van der Waals surface area contributed by atoms with Crippen molar-refractivity contribution in [3.8, 4) is 17.1 Å². The number of methoxy groups -OCH3 is 1. The number of furan rings is 1. The van der Waals surface area contributed by atoms with Gasteiger partial charge in [-0.3, -0.25) is 9.36 Å². The minimum atomic E-state index is -0.765. The van der Waals surface area contributed by atoms with Crippen molar-refractivity contribution in [3.63, 3.8) is 0 Å². The maximum atomic E-state index is 14.0. The lowest BCUT2D eigenvalue weighted by Gasteiger charge is -2.25. The van der Waals surface area contributed by atoms with Gasteiger partial charge >= 0.3 is 11.9 Å². The van der Waals surface area contributed by atoms with Crippen LogP contribution in [0.1, 0.15) is 62.3 Å². The molecule has 0 unspecified atom stereocenters. The third-order valence-corrected chi connectivity index (χ3v) is 7.94. The van der Waals surface area contributed by atoms with E-state index in [-0.39, 0.29) is 23.3 Å². The maximum absolute atomic E-state index is 14.0. The molecule has 228 valence electrons. The molecule has 0 saturated heterocycles. The Morgan fingerprint density at radius 2 is 1.68 bits per heavy atom. The fourth-order valence-electron chi connectivity index (χ4n) is 4.84. The smallest absolute Gasteiger partial charge is 0.339 e. The molecule has 3 heterocycles. The van der Waals surface area contributed by atoms with E-state index in [2.05, 4.69) is 4.99 Å². The Hall–Kier alpha value is -4.41. The van der Waals surface area contributed by atoms with Crippen LogP contribution in [0.4, 0.5) is 0 Å². The molecule has 5 rings (SSSR count). The summed E-state index contributed by atoms with van der Waals surface area (Å²) < 4.78 is 24.2. The molecule has 1 atom stereocenters. The molecule has 4 aromatic rings. The molecule has 11 heteroatoms. The summed E-state index contributed by atoms with van der Waals surface area (Å²) in [5.74, 6) is 0.360. The molecule has 0 N–H and O–H groups in total. The van der Waals surface area contributed by atoms with Crippen LogP contribution in [0.2, 0.25) is 5.02 Å².